The second-order valence-electron chi connectivity index (χ2n) is 7.39. The number of carbonyl (C=O) groups is 1. The molecule has 0 bridgehead atoms. The van der Waals surface area contributed by atoms with Crippen molar-refractivity contribution in [2.45, 2.75) is 44.3 Å². The van der Waals surface area contributed by atoms with Crippen molar-refractivity contribution in [3.63, 3.8) is 0 Å². The fourth-order valence-corrected chi connectivity index (χ4v) is 3.85. The van der Waals surface area contributed by atoms with Crippen LogP contribution in [0.25, 0.3) is 0 Å². The van der Waals surface area contributed by atoms with E-state index < -0.39 is 0 Å². The summed E-state index contributed by atoms with van der Waals surface area (Å²) in [6, 6.07) is 11.4. The van der Waals surface area contributed by atoms with Crippen LogP contribution in [0.4, 0.5) is 0 Å². The highest BCUT2D eigenvalue weighted by molar-refractivity contribution is 5.78. The van der Waals surface area contributed by atoms with Crippen LogP contribution in [0.2, 0.25) is 0 Å². The summed E-state index contributed by atoms with van der Waals surface area (Å²) in [7, 11) is 2.08. The molecule has 0 spiro atoms. The monoisotopic (exact) mass is 345 g/mol. The van der Waals surface area contributed by atoms with Gasteiger partial charge in [0.15, 0.2) is 0 Å². The predicted octanol–water partition coefficient (Wildman–Crippen LogP) is 1.88. The zero-order valence-corrected chi connectivity index (χ0v) is 15.3. The molecule has 2 heterocycles. The SMILES string of the molecule is CN(CC(=O)NC1CCOCC1)[C@H]1CCCN(Cc2ccccc2)C1. The predicted molar refractivity (Wildman–Crippen MR) is 99.4 cm³/mol. The van der Waals surface area contributed by atoms with Crippen LogP contribution < -0.4 is 5.32 Å². The highest BCUT2D eigenvalue weighted by atomic mass is 16.5. The van der Waals surface area contributed by atoms with E-state index in [0.29, 0.717) is 12.6 Å². The molecule has 1 aromatic carbocycles. The number of hydrogen-bond donors (Lipinski definition) is 1. The zero-order chi connectivity index (χ0) is 17.5. The highest BCUT2D eigenvalue weighted by Gasteiger charge is 2.25. The van der Waals surface area contributed by atoms with Crippen molar-refractivity contribution in [3.05, 3.63) is 35.9 Å². The third-order valence-electron chi connectivity index (χ3n) is 5.33. The highest BCUT2D eigenvalue weighted by Crippen LogP contribution is 2.17. The number of nitrogens with zero attached hydrogens (tertiary/aromatic N) is 2. The van der Waals surface area contributed by atoms with Crippen LogP contribution in [0.15, 0.2) is 30.3 Å². The molecule has 5 heteroatoms. The summed E-state index contributed by atoms with van der Waals surface area (Å²) < 4.78 is 5.35. The van der Waals surface area contributed by atoms with E-state index in [1.54, 1.807) is 0 Å². The Morgan fingerprint density at radius 3 is 2.76 bits per heavy atom. The van der Waals surface area contributed by atoms with E-state index in [2.05, 4.69) is 52.5 Å². The van der Waals surface area contributed by atoms with Gasteiger partial charge in [-0.3, -0.25) is 14.6 Å². The molecule has 0 radical (unpaired) electrons. The van der Waals surface area contributed by atoms with Gasteiger partial charge in [0.1, 0.15) is 0 Å². The van der Waals surface area contributed by atoms with Gasteiger partial charge in [0.05, 0.1) is 6.54 Å². The Hall–Kier alpha value is -1.43. The van der Waals surface area contributed by atoms with E-state index >= 15 is 0 Å². The Balaban J connectivity index is 1.44. The van der Waals surface area contributed by atoms with Gasteiger partial charge in [-0.25, -0.2) is 0 Å². The van der Waals surface area contributed by atoms with Gasteiger partial charge in [-0.2, -0.15) is 0 Å². The fourth-order valence-electron chi connectivity index (χ4n) is 3.85. The van der Waals surface area contributed by atoms with Gasteiger partial charge in [0, 0.05) is 38.4 Å². The minimum absolute atomic E-state index is 0.148. The summed E-state index contributed by atoms with van der Waals surface area (Å²) in [6.45, 7) is 5.19. The van der Waals surface area contributed by atoms with Crippen molar-refractivity contribution in [1.29, 1.82) is 0 Å². The molecule has 2 saturated heterocycles. The molecule has 2 aliphatic rings. The summed E-state index contributed by atoms with van der Waals surface area (Å²) in [4.78, 5) is 17.1. The molecule has 0 aliphatic carbocycles. The normalized spacial score (nSPS) is 22.9. The molecule has 0 aromatic heterocycles. The number of likely N-dealkylation sites (tertiary alicyclic amines) is 1. The number of benzene rings is 1. The topological polar surface area (TPSA) is 44.8 Å². The van der Waals surface area contributed by atoms with Gasteiger partial charge in [-0.15, -0.1) is 0 Å². The Kier molecular flexibility index (Phi) is 6.84. The third-order valence-corrected chi connectivity index (χ3v) is 5.33. The molecule has 1 atom stereocenters. The van der Waals surface area contributed by atoms with E-state index in [-0.39, 0.29) is 11.9 Å². The lowest BCUT2D eigenvalue weighted by molar-refractivity contribution is -0.124. The van der Waals surface area contributed by atoms with Crippen molar-refractivity contribution in [3.8, 4) is 0 Å². The zero-order valence-electron chi connectivity index (χ0n) is 15.3. The minimum Gasteiger partial charge on any atom is -0.381 e. The Morgan fingerprint density at radius 2 is 2.00 bits per heavy atom. The first-order valence-electron chi connectivity index (χ1n) is 9.54. The molecular formula is C20H31N3O2. The number of likely N-dealkylation sites (N-methyl/N-ethyl adjacent to an activating group) is 1. The van der Waals surface area contributed by atoms with Gasteiger partial charge in [0.2, 0.25) is 5.91 Å². The molecule has 2 fully saturated rings. The summed E-state index contributed by atoms with van der Waals surface area (Å²) in [5.74, 6) is 0.148. The Morgan fingerprint density at radius 1 is 1.24 bits per heavy atom. The van der Waals surface area contributed by atoms with Crippen molar-refractivity contribution >= 4 is 5.91 Å². The maximum Gasteiger partial charge on any atom is 0.234 e. The van der Waals surface area contributed by atoms with Crippen LogP contribution in [0.1, 0.15) is 31.2 Å². The first-order valence-corrected chi connectivity index (χ1v) is 9.54. The van der Waals surface area contributed by atoms with Gasteiger partial charge in [0.25, 0.3) is 0 Å². The molecule has 25 heavy (non-hydrogen) atoms. The van der Waals surface area contributed by atoms with Gasteiger partial charge >= 0.3 is 0 Å². The first kappa shape index (κ1) is 18.4. The first-order chi connectivity index (χ1) is 12.2. The largest absolute Gasteiger partial charge is 0.381 e. The quantitative estimate of drug-likeness (QED) is 0.855. The molecule has 1 N–H and O–H groups in total. The van der Waals surface area contributed by atoms with Crippen LogP contribution >= 0.6 is 0 Å². The van der Waals surface area contributed by atoms with Crippen molar-refractivity contribution in [1.82, 2.24) is 15.1 Å². The second kappa shape index (κ2) is 9.32. The molecule has 0 saturated carbocycles. The smallest absolute Gasteiger partial charge is 0.234 e. The van der Waals surface area contributed by atoms with Crippen molar-refractivity contribution in [2.75, 3.05) is 39.9 Å². The summed E-state index contributed by atoms with van der Waals surface area (Å²) in [5.41, 5.74) is 1.36. The van der Waals surface area contributed by atoms with Gasteiger partial charge < -0.3 is 10.1 Å². The van der Waals surface area contributed by atoms with E-state index in [1.807, 2.05) is 0 Å². The molecule has 0 unspecified atom stereocenters. The minimum atomic E-state index is 0.148. The summed E-state index contributed by atoms with van der Waals surface area (Å²) in [5, 5.41) is 3.17. The van der Waals surface area contributed by atoms with E-state index in [4.69, 9.17) is 4.74 Å². The van der Waals surface area contributed by atoms with Crippen molar-refractivity contribution in [2.24, 2.45) is 0 Å². The number of amides is 1. The van der Waals surface area contributed by atoms with Gasteiger partial charge in [-0.05, 0) is 44.8 Å². The second-order valence-corrected chi connectivity index (χ2v) is 7.39. The van der Waals surface area contributed by atoms with Crippen LogP contribution in [-0.2, 0) is 16.1 Å². The lowest BCUT2D eigenvalue weighted by Gasteiger charge is -2.37. The number of ether oxygens (including phenoxy) is 1. The number of piperidine rings is 1. The number of rotatable bonds is 6. The van der Waals surface area contributed by atoms with E-state index in [0.717, 1.165) is 45.7 Å². The molecular weight excluding hydrogens is 314 g/mol. The maximum atomic E-state index is 12.3. The lowest BCUT2D eigenvalue weighted by atomic mass is 10.0. The molecule has 138 valence electrons. The van der Waals surface area contributed by atoms with Crippen LogP contribution in [0, 0.1) is 0 Å². The molecule has 1 aromatic rings. The summed E-state index contributed by atoms with van der Waals surface area (Å²) in [6.07, 6.45) is 4.24. The van der Waals surface area contributed by atoms with Crippen LogP contribution in [0.3, 0.4) is 0 Å². The molecule has 1 amide bonds. The number of nitrogens with one attached hydrogen (secondary N) is 1. The summed E-state index contributed by atoms with van der Waals surface area (Å²) >= 11 is 0. The number of carbonyl (C=O) groups excluding carboxylic acids is 1. The van der Waals surface area contributed by atoms with Crippen molar-refractivity contribution < 1.29 is 9.53 Å². The third kappa shape index (κ3) is 5.80. The fraction of sp³-hybridized carbons (Fsp3) is 0.650. The van der Waals surface area contributed by atoms with E-state index in [1.165, 1.54) is 18.4 Å². The standard InChI is InChI=1S/C20H31N3O2/c1-22(16-20(24)21-18-9-12-25-13-10-18)19-8-5-11-23(15-19)14-17-6-3-2-4-7-17/h2-4,6-7,18-19H,5,8-16H2,1H3,(H,21,24)/t19-/m0/s1. The average Bonchev–Trinajstić information content (AvgIpc) is 2.63. The van der Waals surface area contributed by atoms with Crippen LogP contribution in [0.5, 0.6) is 0 Å². The number of hydrogen-bond acceptors (Lipinski definition) is 4. The average molecular weight is 345 g/mol. The Labute approximate surface area is 151 Å². The molecule has 2 aliphatic heterocycles. The van der Waals surface area contributed by atoms with Crippen LogP contribution in [-0.4, -0.2) is 67.7 Å². The van der Waals surface area contributed by atoms with Gasteiger partial charge in [-0.1, -0.05) is 30.3 Å². The Bertz CT molecular complexity index is 531. The maximum absolute atomic E-state index is 12.3. The molecule has 5 nitrogen and oxygen atoms in total. The van der Waals surface area contributed by atoms with E-state index in [9.17, 15) is 4.79 Å². The molecule has 3 rings (SSSR count). The lowest BCUT2D eigenvalue weighted by Crippen LogP contribution is -2.50.